The highest BCUT2D eigenvalue weighted by molar-refractivity contribution is 6.05. The van der Waals surface area contributed by atoms with E-state index in [0.29, 0.717) is 22.4 Å². The SMILES string of the molecule is Cc1c(Nc2ncccc2-c2ncnc3[nH]cnc23)cc(C(=O)Nc2ccccc2F)cc1C(F)(F)F. The van der Waals surface area contributed by atoms with Crippen molar-refractivity contribution in [3.05, 3.63) is 89.9 Å². The molecule has 5 rings (SSSR count). The second-order valence-electron chi connectivity index (χ2n) is 7.97. The Kier molecular flexibility index (Phi) is 5.99. The van der Waals surface area contributed by atoms with Crippen LogP contribution in [0.1, 0.15) is 21.5 Å². The zero-order valence-electron chi connectivity index (χ0n) is 19.1. The molecule has 0 bridgehead atoms. The lowest BCUT2D eigenvalue weighted by Gasteiger charge is -2.18. The summed E-state index contributed by atoms with van der Waals surface area (Å²) >= 11 is 0. The Morgan fingerprint density at radius 2 is 1.78 bits per heavy atom. The molecule has 2 aromatic carbocycles. The van der Waals surface area contributed by atoms with E-state index in [1.807, 2.05) is 0 Å². The van der Waals surface area contributed by atoms with Gasteiger partial charge in [0, 0.05) is 23.0 Å². The Labute approximate surface area is 206 Å². The van der Waals surface area contributed by atoms with Crippen LogP contribution in [-0.2, 0) is 6.18 Å². The maximum atomic E-state index is 14.0. The van der Waals surface area contributed by atoms with Gasteiger partial charge in [-0.25, -0.2) is 24.3 Å². The molecule has 1 amide bonds. The number of H-pyrrole nitrogens is 1. The van der Waals surface area contributed by atoms with Crippen LogP contribution in [0, 0.1) is 12.7 Å². The lowest BCUT2D eigenvalue weighted by atomic mass is 10.0. The first kappa shape index (κ1) is 23.9. The summed E-state index contributed by atoms with van der Waals surface area (Å²) < 4.78 is 55.8. The van der Waals surface area contributed by atoms with E-state index in [-0.39, 0.29) is 28.3 Å². The number of imidazole rings is 1. The van der Waals surface area contributed by atoms with Crippen molar-refractivity contribution in [2.75, 3.05) is 10.6 Å². The van der Waals surface area contributed by atoms with Crippen LogP contribution < -0.4 is 10.6 Å². The van der Waals surface area contributed by atoms with E-state index in [2.05, 4.69) is 35.6 Å². The van der Waals surface area contributed by atoms with E-state index < -0.39 is 23.5 Å². The van der Waals surface area contributed by atoms with Crippen molar-refractivity contribution in [1.82, 2.24) is 24.9 Å². The van der Waals surface area contributed by atoms with E-state index in [4.69, 9.17) is 0 Å². The molecule has 0 saturated carbocycles. The number of carbonyl (C=O) groups is 1. The van der Waals surface area contributed by atoms with Crippen LogP contribution in [0.25, 0.3) is 22.4 Å². The van der Waals surface area contributed by atoms with Gasteiger partial charge in [0.2, 0.25) is 0 Å². The molecule has 0 saturated heterocycles. The molecule has 3 heterocycles. The monoisotopic (exact) mass is 507 g/mol. The number of anilines is 3. The third kappa shape index (κ3) is 4.68. The number of aromatic nitrogens is 5. The number of hydrogen-bond acceptors (Lipinski definition) is 6. The topological polar surface area (TPSA) is 108 Å². The standard InChI is InChI=1S/C25H17F4N7O/c1-13-16(25(27,28)29)9-14(24(37)36-18-7-3-2-6-17(18)26)10-19(13)35-22-15(5-4-8-30-22)20-21-23(33-11-31-20)34-12-32-21/h2-12H,1H3,(H,30,35)(H,36,37)(H,31,32,33,34). The summed E-state index contributed by atoms with van der Waals surface area (Å²) in [7, 11) is 0. The van der Waals surface area contributed by atoms with Crippen LogP contribution in [0.5, 0.6) is 0 Å². The van der Waals surface area contributed by atoms with Crippen molar-refractivity contribution in [2.45, 2.75) is 13.1 Å². The van der Waals surface area contributed by atoms with Crippen LogP contribution >= 0.6 is 0 Å². The summed E-state index contributed by atoms with van der Waals surface area (Å²) in [5, 5.41) is 5.23. The van der Waals surface area contributed by atoms with Gasteiger partial charge in [0.05, 0.1) is 17.6 Å². The highest BCUT2D eigenvalue weighted by Crippen LogP contribution is 2.38. The van der Waals surface area contributed by atoms with Crippen molar-refractivity contribution in [3.63, 3.8) is 0 Å². The number of carbonyl (C=O) groups excluding carboxylic acids is 1. The molecule has 37 heavy (non-hydrogen) atoms. The Hall–Kier alpha value is -4.87. The third-order valence-electron chi connectivity index (χ3n) is 5.63. The molecule has 5 aromatic rings. The van der Waals surface area contributed by atoms with Crippen molar-refractivity contribution >= 4 is 34.3 Å². The van der Waals surface area contributed by atoms with Gasteiger partial charge < -0.3 is 15.6 Å². The van der Waals surface area contributed by atoms with E-state index in [1.54, 1.807) is 12.1 Å². The Bertz CT molecular complexity index is 1630. The molecule has 0 unspecified atom stereocenters. The van der Waals surface area contributed by atoms with Crippen molar-refractivity contribution in [3.8, 4) is 11.3 Å². The van der Waals surface area contributed by atoms with Gasteiger partial charge in [-0.15, -0.1) is 0 Å². The quantitative estimate of drug-likeness (QED) is 0.257. The molecule has 0 aliphatic heterocycles. The van der Waals surface area contributed by atoms with Gasteiger partial charge >= 0.3 is 6.18 Å². The van der Waals surface area contributed by atoms with Gasteiger partial charge in [0.25, 0.3) is 5.91 Å². The molecule has 0 aliphatic rings. The Balaban J connectivity index is 1.59. The number of rotatable bonds is 5. The maximum Gasteiger partial charge on any atom is 0.416 e. The van der Waals surface area contributed by atoms with E-state index >= 15 is 0 Å². The predicted octanol–water partition coefficient (Wildman–Crippen LogP) is 5.88. The molecule has 0 radical (unpaired) electrons. The smallest absolute Gasteiger partial charge is 0.339 e. The summed E-state index contributed by atoms with van der Waals surface area (Å²) in [6, 6.07) is 10.7. The molecule has 0 aliphatic carbocycles. The minimum Gasteiger partial charge on any atom is -0.339 e. The lowest BCUT2D eigenvalue weighted by Crippen LogP contribution is -2.17. The average Bonchev–Trinajstić information content (AvgIpc) is 3.35. The maximum absolute atomic E-state index is 14.0. The fourth-order valence-corrected chi connectivity index (χ4v) is 3.81. The largest absolute Gasteiger partial charge is 0.416 e. The van der Waals surface area contributed by atoms with Gasteiger partial charge in [-0.2, -0.15) is 13.2 Å². The van der Waals surface area contributed by atoms with E-state index in [9.17, 15) is 22.4 Å². The number of benzene rings is 2. The van der Waals surface area contributed by atoms with Crippen LogP contribution in [0.4, 0.5) is 34.8 Å². The zero-order chi connectivity index (χ0) is 26.2. The van der Waals surface area contributed by atoms with E-state index in [0.717, 1.165) is 12.1 Å². The van der Waals surface area contributed by atoms with Crippen LogP contribution in [0.2, 0.25) is 0 Å². The highest BCUT2D eigenvalue weighted by atomic mass is 19.4. The van der Waals surface area contributed by atoms with Crippen LogP contribution in [0.15, 0.2) is 67.4 Å². The molecule has 186 valence electrons. The second kappa shape index (κ2) is 9.30. The molecular weight excluding hydrogens is 490 g/mol. The lowest BCUT2D eigenvalue weighted by molar-refractivity contribution is -0.138. The average molecular weight is 507 g/mol. The molecule has 3 aromatic heterocycles. The first-order valence-corrected chi connectivity index (χ1v) is 10.9. The number of halogens is 4. The molecule has 12 heteroatoms. The number of alkyl halides is 3. The molecule has 3 N–H and O–H groups in total. The molecule has 0 spiro atoms. The van der Waals surface area contributed by atoms with Crippen LogP contribution in [-0.4, -0.2) is 30.8 Å². The predicted molar refractivity (Wildman–Crippen MR) is 129 cm³/mol. The summed E-state index contributed by atoms with van der Waals surface area (Å²) in [6.45, 7) is 1.28. The first-order valence-electron chi connectivity index (χ1n) is 10.9. The van der Waals surface area contributed by atoms with Crippen molar-refractivity contribution in [1.29, 1.82) is 0 Å². The molecular formula is C25H17F4N7O. The number of hydrogen-bond donors (Lipinski definition) is 3. The number of para-hydroxylation sites is 1. The minimum atomic E-state index is -4.75. The van der Waals surface area contributed by atoms with Gasteiger partial charge in [-0.3, -0.25) is 4.79 Å². The fourth-order valence-electron chi connectivity index (χ4n) is 3.81. The van der Waals surface area contributed by atoms with Gasteiger partial charge in [-0.1, -0.05) is 12.1 Å². The first-order chi connectivity index (χ1) is 17.7. The highest BCUT2D eigenvalue weighted by Gasteiger charge is 2.34. The molecule has 0 atom stereocenters. The summed E-state index contributed by atoms with van der Waals surface area (Å²) in [5.41, 5.74) is 0.116. The fraction of sp³-hybridized carbons (Fsp3) is 0.0800. The number of amides is 1. The Morgan fingerprint density at radius 3 is 2.57 bits per heavy atom. The van der Waals surface area contributed by atoms with Gasteiger partial charge in [0.15, 0.2) is 5.65 Å². The zero-order valence-corrected chi connectivity index (χ0v) is 19.1. The van der Waals surface area contributed by atoms with Crippen molar-refractivity contribution < 1.29 is 22.4 Å². The third-order valence-corrected chi connectivity index (χ3v) is 5.63. The van der Waals surface area contributed by atoms with Gasteiger partial charge in [0.1, 0.15) is 29.2 Å². The van der Waals surface area contributed by atoms with Gasteiger partial charge in [-0.05, 0) is 48.9 Å². The summed E-state index contributed by atoms with van der Waals surface area (Å²) in [6.07, 6.45) is -0.518. The Morgan fingerprint density at radius 1 is 0.973 bits per heavy atom. The number of aromatic amines is 1. The van der Waals surface area contributed by atoms with Crippen molar-refractivity contribution in [2.24, 2.45) is 0 Å². The van der Waals surface area contributed by atoms with E-state index in [1.165, 1.54) is 50.0 Å². The van der Waals surface area contributed by atoms with Crippen LogP contribution in [0.3, 0.4) is 0 Å². The number of nitrogens with zero attached hydrogens (tertiary/aromatic N) is 4. The second-order valence-corrected chi connectivity index (χ2v) is 7.97. The summed E-state index contributed by atoms with van der Waals surface area (Å²) in [5.74, 6) is -1.44. The molecule has 0 fully saturated rings. The number of nitrogens with one attached hydrogen (secondary N) is 3. The normalized spacial score (nSPS) is 11.5. The number of fused-ring (bicyclic) bond motifs is 1. The molecule has 8 nitrogen and oxygen atoms in total. The number of pyridine rings is 1. The summed E-state index contributed by atoms with van der Waals surface area (Å²) in [4.78, 5) is 32.6. The minimum absolute atomic E-state index is 0.0132.